The Balaban J connectivity index is 1.98. The third-order valence-electron chi connectivity index (χ3n) is 3.64. The molecule has 1 unspecified atom stereocenters. The van der Waals surface area contributed by atoms with Crippen molar-refractivity contribution in [3.05, 3.63) is 5.69 Å². The highest BCUT2D eigenvalue weighted by atomic mass is 32.2. The fraction of sp³-hybridized carbons (Fsp3) is 0.615. The molecule has 21 heavy (non-hydrogen) atoms. The molecule has 3 heterocycles. The first-order chi connectivity index (χ1) is 10.1. The molecule has 1 fully saturated rings. The molecular weight excluding hydrogens is 308 g/mol. The van der Waals surface area contributed by atoms with Gasteiger partial charge in [0.25, 0.3) is 0 Å². The predicted octanol–water partition coefficient (Wildman–Crippen LogP) is 2.01. The van der Waals surface area contributed by atoms with Gasteiger partial charge in [-0.15, -0.1) is 0 Å². The molecule has 8 heteroatoms. The number of rotatable bonds is 5. The number of aliphatic carboxylic acids is 1. The van der Waals surface area contributed by atoms with Crippen molar-refractivity contribution < 1.29 is 9.90 Å². The largest absolute Gasteiger partial charge is 0.481 e. The predicted molar refractivity (Wildman–Crippen MR) is 85.0 cm³/mol. The standard InChI is InChI=1S/C13H18N4O2S2/c1-8-11-12(16(2)15-8)17(5-9-3-4-20-6-9)13(14-11)21-7-10(18)19/h9H,3-7H2,1-2H3,(H,18,19). The molecular formula is C13H18N4O2S2. The van der Waals surface area contributed by atoms with Crippen LogP contribution < -0.4 is 0 Å². The molecule has 1 atom stereocenters. The van der Waals surface area contributed by atoms with Crippen LogP contribution in [0.15, 0.2) is 5.16 Å². The van der Waals surface area contributed by atoms with Crippen molar-refractivity contribution in [2.24, 2.45) is 13.0 Å². The SMILES string of the molecule is Cc1nn(C)c2c1nc(SCC(=O)O)n2CC1CCSC1. The second-order valence-electron chi connectivity index (χ2n) is 5.30. The number of aryl methyl sites for hydroxylation is 2. The zero-order valence-corrected chi connectivity index (χ0v) is 13.7. The minimum absolute atomic E-state index is 0.0369. The number of aromatic nitrogens is 4. The van der Waals surface area contributed by atoms with Gasteiger partial charge in [0.05, 0.1) is 11.4 Å². The van der Waals surface area contributed by atoms with Crippen molar-refractivity contribution >= 4 is 40.7 Å². The smallest absolute Gasteiger partial charge is 0.313 e. The van der Waals surface area contributed by atoms with E-state index in [0.717, 1.165) is 28.6 Å². The van der Waals surface area contributed by atoms with Crippen LogP contribution in [0.2, 0.25) is 0 Å². The van der Waals surface area contributed by atoms with Crippen LogP contribution >= 0.6 is 23.5 Å². The van der Waals surface area contributed by atoms with Crippen LogP contribution in [-0.4, -0.2) is 47.7 Å². The minimum atomic E-state index is -0.815. The molecule has 1 N–H and O–H groups in total. The molecule has 0 amide bonds. The lowest BCUT2D eigenvalue weighted by Crippen LogP contribution is -2.13. The van der Waals surface area contributed by atoms with Gasteiger partial charge in [-0.3, -0.25) is 9.48 Å². The summed E-state index contributed by atoms with van der Waals surface area (Å²) in [5, 5.41) is 14.1. The topological polar surface area (TPSA) is 72.9 Å². The molecule has 1 aliphatic rings. The molecule has 3 rings (SSSR count). The first kappa shape index (κ1) is 14.8. The summed E-state index contributed by atoms with van der Waals surface area (Å²) in [7, 11) is 1.92. The van der Waals surface area contributed by atoms with Gasteiger partial charge in [-0.1, -0.05) is 11.8 Å². The van der Waals surface area contributed by atoms with Crippen LogP contribution in [0.1, 0.15) is 12.1 Å². The normalized spacial score (nSPS) is 18.7. The van der Waals surface area contributed by atoms with Gasteiger partial charge in [0.2, 0.25) is 0 Å². The molecule has 1 aliphatic heterocycles. The molecule has 2 aromatic heterocycles. The van der Waals surface area contributed by atoms with Crippen LogP contribution in [0, 0.1) is 12.8 Å². The van der Waals surface area contributed by atoms with Crippen molar-refractivity contribution in [3.63, 3.8) is 0 Å². The second-order valence-corrected chi connectivity index (χ2v) is 7.39. The molecule has 1 saturated heterocycles. The maximum Gasteiger partial charge on any atom is 0.313 e. The molecule has 0 saturated carbocycles. The van der Waals surface area contributed by atoms with Gasteiger partial charge in [0.1, 0.15) is 5.52 Å². The average molecular weight is 326 g/mol. The Labute approximate surface area is 131 Å². The average Bonchev–Trinajstić information content (AvgIpc) is 3.09. The Bertz CT molecular complexity index is 673. The molecule has 114 valence electrons. The van der Waals surface area contributed by atoms with E-state index in [4.69, 9.17) is 5.11 Å². The fourth-order valence-corrected chi connectivity index (χ4v) is 4.70. The molecule has 2 aromatic rings. The number of carboxylic acid groups (broad SMARTS) is 1. The summed E-state index contributed by atoms with van der Waals surface area (Å²) in [6.45, 7) is 2.83. The van der Waals surface area contributed by atoms with E-state index >= 15 is 0 Å². The number of fused-ring (bicyclic) bond motifs is 1. The molecule has 6 nitrogen and oxygen atoms in total. The van der Waals surface area contributed by atoms with Crippen molar-refractivity contribution in [2.45, 2.75) is 25.0 Å². The monoisotopic (exact) mass is 326 g/mol. The summed E-state index contributed by atoms with van der Waals surface area (Å²) in [5.74, 6) is 2.23. The van der Waals surface area contributed by atoms with Gasteiger partial charge in [-0.2, -0.15) is 16.9 Å². The van der Waals surface area contributed by atoms with Crippen molar-refractivity contribution in [1.29, 1.82) is 0 Å². The van der Waals surface area contributed by atoms with Gasteiger partial charge >= 0.3 is 5.97 Å². The molecule has 0 spiro atoms. The van der Waals surface area contributed by atoms with Gasteiger partial charge in [0.15, 0.2) is 10.8 Å². The van der Waals surface area contributed by atoms with Crippen LogP contribution in [0.25, 0.3) is 11.2 Å². The van der Waals surface area contributed by atoms with E-state index in [-0.39, 0.29) is 5.75 Å². The van der Waals surface area contributed by atoms with Crippen LogP contribution in [0.3, 0.4) is 0 Å². The first-order valence-electron chi connectivity index (χ1n) is 6.88. The Morgan fingerprint density at radius 1 is 1.57 bits per heavy atom. The number of carbonyl (C=O) groups is 1. The minimum Gasteiger partial charge on any atom is -0.481 e. The molecule has 0 radical (unpaired) electrons. The van der Waals surface area contributed by atoms with E-state index in [1.807, 2.05) is 30.4 Å². The number of imidazole rings is 1. The van der Waals surface area contributed by atoms with E-state index in [0.29, 0.717) is 5.92 Å². The number of thioether (sulfide) groups is 2. The maximum atomic E-state index is 10.8. The molecule has 0 aromatic carbocycles. The van der Waals surface area contributed by atoms with E-state index in [1.165, 1.54) is 29.7 Å². The van der Waals surface area contributed by atoms with Gasteiger partial charge in [-0.05, 0) is 30.8 Å². The lowest BCUT2D eigenvalue weighted by atomic mass is 10.1. The van der Waals surface area contributed by atoms with E-state index in [9.17, 15) is 4.79 Å². The van der Waals surface area contributed by atoms with E-state index in [2.05, 4.69) is 14.6 Å². The van der Waals surface area contributed by atoms with Crippen molar-refractivity contribution in [2.75, 3.05) is 17.3 Å². The number of hydrogen-bond acceptors (Lipinski definition) is 5. The lowest BCUT2D eigenvalue weighted by Gasteiger charge is -2.13. The van der Waals surface area contributed by atoms with Gasteiger partial charge in [-0.25, -0.2) is 4.98 Å². The summed E-state index contributed by atoms with van der Waals surface area (Å²) < 4.78 is 4.00. The quantitative estimate of drug-likeness (QED) is 0.847. The van der Waals surface area contributed by atoms with Crippen LogP contribution in [0.5, 0.6) is 0 Å². The summed E-state index contributed by atoms with van der Waals surface area (Å²) in [5.41, 5.74) is 2.78. The van der Waals surface area contributed by atoms with Crippen molar-refractivity contribution in [1.82, 2.24) is 19.3 Å². The molecule has 0 bridgehead atoms. The Morgan fingerprint density at radius 3 is 3.05 bits per heavy atom. The summed E-state index contributed by atoms with van der Waals surface area (Å²) in [6.07, 6.45) is 1.21. The Kier molecular flexibility index (Phi) is 4.17. The van der Waals surface area contributed by atoms with Gasteiger partial charge < -0.3 is 9.67 Å². The van der Waals surface area contributed by atoms with Crippen LogP contribution in [-0.2, 0) is 18.4 Å². The maximum absolute atomic E-state index is 10.8. The zero-order chi connectivity index (χ0) is 15.0. The van der Waals surface area contributed by atoms with E-state index < -0.39 is 5.97 Å². The first-order valence-corrected chi connectivity index (χ1v) is 9.02. The highest BCUT2D eigenvalue weighted by Crippen LogP contribution is 2.30. The number of nitrogens with zero attached hydrogens (tertiary/aromatic N) is 4. The summed E-state index contributed by atoms with van der Waals surface area (Å²) >= 11 is 3.28. The van der Waals surface area contributed by atoms with Crippen molar-refractivity contribution in [3.8, 4) is 0 Å². The lowest BCUT2D eigenvalue weighted by molar-refractivity contribution is -0.133. The number of carboxylic acids is 1. The zero-order valence-electron chi connectivity index (χ0n) is 12.1. The van der Waals surface area contributed by atoms with Gasteiger partial charge in [0, 0.05) is 13.6 Å². The third-order valence-corrected chi connectivity index (χ3v) is 5.84. The number of hydrogen-bond donors (Lipinski definition) is 1. The van der Waals surface area contributed by atoms with Crippen LogP contribution in [0.4, 0.5) is 0 Å². The fourth-order valence-electron chi connectivity index (χ4n) is 2.70. The third kappa shape index (κ3) is 2.91. The Hall–Kier alpha value is -1.15. The molecule has 0 aliphatic carbocycles. The van der Waals surface area contributed by atoms with E-state index in [1.54, 1.807) is 0 Å². The summed E-state index contributed by atoms with van der Waals surface area (Å²) in [6, 6.07) is 0. The Morgan fingerprint density at radius 2 is 2.38 bits per heavy atom. The highest BCUT2D eigenvalue weighted by Gasteiger charge is 2.23. The summed E-state index contributed by atoms with van der Waals surface area (Å²) in [4.78, 5) is 15.5. The second kappa shape index (κ2) is 5.92. The highest BCUT2D eigenvalue weighted by molar-refractivity contribution is 7.99.